The number of sulfonamides is 1. The third-order valence-electron chi connectivity index (χ3n) is 2.68. The molecule has 0 unspecified atom stereocenters. The van der Waals surface area contributed by atoms with Crippen LogP contribution in [0.5, 0.6) is 0 Å². The van der Waals surface area contributed by atoms with E-state index in [0.717, 1.165) is 18.2 Å². The van der Waals surface area contributed by atoms with Crippen LogP contribution in [0.1, 0.15) is 32.3 Å². The maximum absolute atomic E-state index is 13.1. The molecule has 0 bridgehead atoms. The molecular formula is C12H15FN2O2S. The summed E-state index contributed by atoms with van der Waals surface area (Å²) in [5.41, 5.74) is -0.276. The lowest BCUT2D eigenvalue weighted by atomic mass is 10.2. The van der Waals surface area contributed by atoms with Crippen LogP contribution in [-0.2, 0) is 10.0 Å². The van der Waals surface area contributed by atoms with E-state index in [1.165, 1.54) is 0 Å². The first kappa shape index (κ1) is 14.6. The van der Waals surface area contributed by atoms with Crippen molar-refractivity contribution in [2.75, 3.05) is 0 Å². The molecule has 1 aromatic rings. The molecule has 0 aliphatic heterocycles. The van der Waals surface area contributed by atoms with Crippen molar-refractivity contribution in [3.05, 3.63) is 29.6 Å². The van der Waals surface area contributed by atoms with Gasteiger partial charge in [-0.25, -0.2) is 17.5 Å². The van der Waals surface area contributed by atoms with E-state index in [2.05, 4.69) is 4.72 Å². The van der Waals surface area contributed by atoms with Crippen LogP contribution in [0.3, 0.4) is 0 Å². The van der Waals surface area contributed by atoms with Gasteiger partial charge in [-0.1, -0.05) is 13.8 Å². The Labute approximate surface area is 106 Å². The summed E-state index contributed by atoms with van der Waals surface area (Å²) in [6.45, 7) is 3.75. The molecule has 0 aliphatic rings. The average Bonchev–Trinajstić information content (AvgIpc) is 2.36. The number of nitrogens with zero attached hydrogens (tertiary/aromatic N) is 1. The second-order valence-electron chi connectivity index (χ2n) is 3.89. The van der Waals surface area contributed by atoms with Crippen molar-refractivity contribution >= 4 is 10.0 Å². The van der Waals surface area contributed by atoms with Crippen molar-refractivity contribution in [2.45, 2.75) is 37.6 Å². The maximum atomic E-state index is 13.1. The summed E-state index contributed by atoms with van der Waals surface area (Å²) in [4.78, 5) is -0.0904. The van der Waals surface area contributed by atoms with Gasteiger partial charge in [-0.3, -0.25) is 0 Å². The minimum atomic E-state index is -3.70. The minimum Gasteiger partial charge on any atom is -0.208 e. The summed E-state index contributed by atoms with van der Waals surface area (Å²) in [6.07, 6.45) is 1.34. The monoisotopic (exact) mass is 270 g/mol. The average molecular weight is 270 g/mol. The van der Waals surface area contributed by atoms with Gasteiger partial charge in [-0.2, -0.15) is 5.26 Å². The van der Waals surface area contributed by atoms with Crippen molar-refractivity contribution < 1.29 is 12.8 Å². The lowest BCUT2D eigenvalue weighted by molar-refractivity contribution is 0.530. The van der Waals surface area contributed by atoms with Gasteiger partial charge < -0.3 is 0 Å². The van der Waals surface area contributed by atoms with Crippen molar-refractivity contribution in [1.29, 1.82) is 5.26 Å². The molecule has 18 heavy (non-hydrogen) atoms. The number of nitrogens with one attached hydrogen (secondary N) is 1. The Morgan fingerprint density at radius 1 is 1.39 bits per heavy atom. The molecule has 0 amide bonds. The lowest BCUT2D eigenvalue weighted by Crippen LogP contribution is -2.33. The van der Waals surface area contributed by atoms with Gasteiger partial charge in [0.05, 0.1) is 10.5 Å². The summed E-state index contributed by atoms with van der Waals surface area (Å²) >= 11 is 0. The Morgan fingerprint density at radius 2 is 2.00 bits per heavy atom. The molecule has 0 atom stereocenters. The van der Waals surface area contributed by atoms with Crippen molar-refractivity contribution in [3.63, 3.8) is 0 Å². The first-order valence-corrected chi connectivity index (χ1v) is 7.14. The van der Waals surface area contributed by atoms with E-state index >= 15 is 0 Å². The normalized spacial score (nSPS) is 11.5. The minimum absolute atomic E-state index is 0.0904. The van der Waals surface area contributed by atoms with Gasteiger partial charge in [0, 0.05) is 6.04 Å². The van der Waals surface area contributed by atoms with Crippen LogP contribution in [0, 0.1) is 17.1 Å². The van der Waals surface area contributed by atoms with Crippen molar-refractivity contribution in [1.82, 2.24) is 4.72 Å². The van der Waals surface area contributed by atoms with Gasteiger partial charge in [-0.05, 0) is 31.0 Å². The van der Waals surface area contributed by atoms with E-state index in [1.807, 2.05) is 13.8 Å². The topological polar surface area (TPSA) is 70.0 Å². The van der Waals surface area contributed by atoms with Gasteiger partial charge in [0.25, 0.3) is 0 Å². The highest BCUT2D eigenvalue weighted by atomic mass is 32.2. The molecule has 0 aliphatic carbocycles. The number of hydrogen-bond acceptors (Lipinski definition) is 3. The van der Waals surface area contributed by atoms with E-state index in [9.17, 15) is 12.8 Å². The van der Waals surface area contributed by atoms with Gasteiger partial charge in [-0.15, -0.1) is 0 Å². The number of halogens is 1. The summed E-state index contributed by atoms with van der Waals surface area (Å²) < 4.78 is 39.6. The van der Waals surface area contributed by atoms with E-state index in [1.54, 1.807) is 6.07 Å². The number of rotatable bonds is 5. The van der Waals surface area contributed by atoms with E-state index in [-0.39, 0.29) is 16.5 Å². The largest absolute Gasteiger partial charge is 0.240 e. The second-order valence-corrected chi connectivity index (χ2v) is 5.60. The zero-order valence-electron chi connectivity index (χ0n) is 10.3. The molecule has 0 saturated carbocycles. The molecule has 0 spiro atoms. The molecule has 1 N–H and O–H groups in total. The number of benzene rings is 1. The predicted octanol–water partition coefficient (Wildman–Crippen LogP) is 2.16. The fourth-order valence-electron chi connectivity index (χ4n) is 1.50. The van der Waals surface area contributed by atoms with Gasteiger partial charge >= 0.3 is 0 Å². The fraction of sp³-hybridized carbons (Fsp3) is 0.417. The zero-order valence-corrected chi connectivity index (χ0v) is 11.1. The van der Waals surface area contributed by atoms with Crippen LogP contribution in [0.15, 0.2) is 23.1 Å². The summed E-state index contributed by atoms with van der Waals surface area (Å²) in [6, 6.07) is 4.64. The predicted molar refractivity (Wildman–Crippen MR) is 65.8 cm³/mol. The Balaban J connectivity index is 3.10. The Kier molecular flexibility index (Phi) is 4.82. The van der Waals surface area contributed by atoms with Crippen LogP contribution >= 0.6 is 0 Å². The highest BCUT2D eigenvalue weighted by Gasteiger charge is 2.19. The summed E-state index contributed by atoms with van der Waals surface area (Å²) in [5, 5.41) is 8.68. The van der Waals surface area contributed by atoms with Gasteiger partial charge in [0.1, 0.15) is 11.9 Å². The van der Waals surface area contributed by atoms with Crippen molar-refractivity contribution in [2.24, 2.45) is 0 Å². The highest BCUT2D eigenvalue weighted by Crippen LogP contribution is 2.15. The maximum Gasteiger partial charge on any atom is 0.240 e. The fourth-order valence-corrected chi connectivity index (χ4v) is 2.93. The smallest absolute Gasteiger partial charge is 0.208 e. The Bertz CT molecular complexity index is 560. The molecule has 4 nitrogen and oxygen atoms in total. The van der Waals surface area contributed by atoms with E-state index < -0.39 is 15.8 Å². The molecule has 1 aromatic carbocycles. The van der Waals surface area contributed by atoms with Crippen LogP contribution < -0.4 is 4.72 Å². The van der Waals surface area contributed by atoms with E-state index in [0.29, 0.717) is 12.8 Å². The van der Waals surface area contributed by atoms with Crippen LogP contribution in [0.4, 0.5) is 4.39 Å². The highest BCUT2D eigenvalue weighted by molar-refractivity contribution is 7.89. The first-order chi connectivity index (χ1) is 8.44. The van der Waals surface area contributed by atoms with E-state index in [4.69, 9.17) is 5.26 Å². The molecule has 0 saturated heterocycles. The van der Waals surface area contributed by atoms with Crippen LogP contribution in [0.2, 0.25) is 0 Å². The third-order valence-corrected chi connectivity index (χ3v) is 4.19. The molecule has 0 radical (unpaired) electrons. The third kappa shape index (κ3) is 3.28. The molecule has 0 heterocycles. The van der Waals surface area contributed by atoms with Crippen molar-refractivity contribution in [3.8, 4) is 6.07 Å². The molecule has 6 heteroatoms. The molecule has 98 valence electrons. The lowest BCUT2D eigenvalue weighted by Gasteiger charge is -2.15. The molecular weight excluding hydrogens is 255 g/mol. The number of hydrogen-bond donors (Lipinski definition) is 1. The standard InChI is InChI=1S/C12H15FN2O2S/c1-3-10(4-2)15-18(16,17)11-5-6-12(13)9(7-11)8-14/h5-7,10,15H,3-4H2,1-2H3. The van der Waals surface area contributed by atoms with Gasteiger partial charge in [0.2, 0.25) is 10.0 Å². The Morgan fingerprint density at radius 3 is 2.50 bits per heavy atom. The molecule has 0 aromatic heterocycles. The SMILES string of the molecule is CCC(CC)NS(=O)(=O)c1ccc(F)c(C#N)c1. The first-order valence-electron chi connectivity index (χ1n) is 5.66. The Hall–Kier alpha value is -1.45. The number of nitriles is 1. The van der Waals surface area contributed by atoms with Crippen LogP contribution in [-0.4, -0.2) is 14.5 Å². The molecule has 0 fully saturated rings. The molecule has 1 rings (SSSR count). The summed E-state index contributed by atoms with van der Waals surface area (Å²) in [7, 11) is -3.70. The van der Waals surface area contributed by atoms with Gasteiger partial charge in [0.15, 0.2) is 0 Å². The second kappa shape index (κ2) is 5.94. The zero-order chi connectivity index (χ0) is 13.8. The summed E-state index contributed by atoms with van der Waals surface area (Å²) in [5.74, 6) is -0.723. The quantitative estimate of drug-likeness (QED) is 0.891. The van der Waals surface area contributed by atoms with Crippen LogP contribution in [0.25, 0.3) is 0 Å².